The number of hydrogen-bond acceptors (Lipinski definition) is 4. The first-order valence-corrected chi connectivity index (χ1v) is 12.2. The standard InChI is InChI=1S/C24H22BrNO4S/c1-24(16-17-5-3-2-4-6-17)14-13-18-15-19(7-12-22(18)30-24)23(27)26-31(28,29)21-10-8-20(25)9-11-21/h2-12,15H,13-14,16H2,1H3,(H,26,27)/t24-/m1/s1. The molecule has 1 atom stereocenters. The van der Waals surface area contributed by atoms with Crippen molar-refractivity contribution >= 4 is 31.9 Å². The maximum Gasteiger partial charge on any atom is 0.265 e. The average Bonchev–Trinajstić information content (AvgIpc) is 2.74. The Bertz CT molecular complexity index is 1210. The number of aryl methyl sites for hydroxylation is 1. The lowest BCUT2D eigenvalue weighted by molar-refractivity contribution is 0.0654. The lowest BCUT2D eigenvalue weighted by atomic mass is 9.87. The van der Waals surface area contributed by atoms with Crippen molar-refractivity contribution in [1.29, 1.82) is 0 Å². The summed E-state index contributed by atoms with van der Waals surface area (Å²) in [7, 11) is -3.95. The van der Waals surface area contributed by atoms with Gasteiger partial charge in [0.05, 0.1) is 4.90 Å². The summed E-state index contributed by atoms with van der Waals surface area (Å²) in [6.07, 6.45) is 2.34. The first-order chi connectivity index (χ1) is 14.7. The highest BCUT2D eigenvalue weighted by atomic mass is 79.9. The summed E-state index contributed by atoms with van der Waals surface area (Å²) in [5, 5.41) is 0. The van der Waals surface area contributed by atoms with Crippen LogP contribution in [0.5, 0.6) is 5.75 Å². The monoisotopic (exact) mass is 499 g/mol. The maximum absolute atomic E-state index is 12.6. The molecule has 7 heteroatoms. The molecule has 0 aromatic heterocycles. The second-order valence-corrected chi connectivity index (χ2v) is 10.5. The summed E-state index contributed by atoms with van der Waals surface area (Å²) in [5.74, 6) is 0.0698. The van der Waals surface area contributed by atoms with Gasteiger partial charge in [-0.3, -0.25) is 4.79 Å². The van der Waals surface area contributed by atoms with Crippen molar-refractivity contribution in [2.75, 3.05) is 0 Å². The fourth-order valence-corrected chi connectivity index (χ4v) is 4.98. The third kappa shape index (κ3) is 4.99. The van der Waals surface area contributed by atoms with Crippen LogP contribution in [0.3, 0.4) is 0 Å². The minimum atomic E-state index is -3.95. The van der Waals surface area contributed by atoms with E-state index >= 15 is 0 Å². The molecule has 4 rings (SSSR count). The SMILES string of the molecule is C[C@]1(Cc2ccccc2)CCc2cc(C(=O)NS(=O)(=O)c3ccc(Br)cc3)ccc2O1. The van der Waals surface area contributed by atoms with E-state index in [-0.39, 0.29) is 16.1 Å². The number of fused-ring (bicyclic) bond motifs is 1. The van der Waals surface area contributed by atoms with E-state index in [1.54, 1.807) is 30.3 Å². The van der Waals surface area contributed by atoms with Gasteiger partial charge in [-0.05, 0) is 73.4 Å². The molecule has 1 aliphatic rings. The fraction of sp³-hybridized carbons (Fsp3) is 0.208. The average molecular weight is 500 g/mol. The molecule has 1 heterocycles. The minimum absolute atomic E-state index is 0.0296. The predicted octanol–water partition coefficient (Wildman–Crippen LogP) is 4.89. The Morgan fingerprint density at radius 2 is 1.77 bits per heavy atom. The first-order valence-electron chi connectivity index (χ1n) is 9.93. The molecule has 0 fully saturated rings. The molecule has 0 saturated heterocycles. The van der Waals surface area contributed by atoms with Crippen LogP contribution in [0.25, 0.3) is 0 Å². The molecule has 1 amide bonds. The zero-order valence-corrected chi connectivity index (χ0v) is 19.4. The van der Waals surface area contributed by atoms with Crippen LogP contribution in [0.1, 0.15) is 34.8 Å². The van der Waals surface area contributed by atoms with Crippen LogP contribution in [0.4, 0.5) is 0 Å². The topological polar surface area (TPSA) is 72.5 Å². The van der Waals surface area contributed by atoms with E-state index in [4.69, 9.17) is 4.74 Å². The van der Waals surface area contributed by atoms with Gasteiger partial charge in [0.1, 0.15) is 11.4 Å². The Morgan fingerprint density at radius 1 is 1.06 bits per heavy atom. The number of ether oxygens (including phenoxy) is 1. The second-order valence-electron chi connectivity index (χ2n) is 7.93. The van der Waals surface area contributed by atoms with Gasteiger partial charge in [0.25, 0.3) is 15.9 Å². The summed E-state index contributed by atoms with van der Waals surface area (Å²) < 4.78 is 34.2. The van der Waals surface area contributed by atoms with Gasteiger partial charge >= 0.3 is 0 Å². The Labute approximate surface area is 190 Å². The molecule has 0 spiro atoms. The second kappa shape index (κ2) is 8.48. The van der Waals surface area contributed by atoms with E-state index < -0.39 is 15.9 Å². The fourth-order valence-electron chi connectivity index (χ4n) is 3.74. The molecule has 0 unspecified atom stereocenters. The normalized spacial score (nSPS) is 18.0. The molecule has 0 aliphatic carbocycles. The van der Waals surface area contributed by atoms with Gasteiger partial charge in [0, 0.05) is 16.5 Å². The molecule has 160 valence electrons. The molecular weight excluding hydrogens is 478 g/mol. The van der Waals surface area contributed by atoms with E-state index in [9.17, 15) is 13.2 Å². The van der Waals surface area contributed by atoms with E-state index in [2.05, 4.69) is 39.7 Å². The summed E-state index contributed by atoms with van der Waals surface area (Å²) in [5.41, 5.74) is 2.07. The van der Waals surface area contributed by atoms with Crippen molar-refractivity contribution in [3.63, 3.8) is 0 Å². The van der Waals surface area contributed by atoms with Crippen molar-refractivity contribution < 1.29 is 17.9 Å². The number of carbonyl (C=O) groups excluding carboxylic acids is 1. The predicted molar refractivity (Wildman–Crippen MR) is 123 cm³/mol. The summed E-state index contributed by atoms with van der Waals surface area (Å²) >= 11 is 3.27. The van der Waals surface area contributed by atoms with Crippen molar-refractivity contribution in [2.24, 2.45) is 0 Å². The van der Waals surface area contributed by atoms with Gasteiger partial charge in [-0.25, -0.2) is 13.1 Å². The highest BCUT2D eigenvalue weighted by Gasteiger charge is 2.32. The zero-order chi connectivity index (χ0) is 22.1. The molecule has 5 nitrogen and oxygen atoms in total. The van der Waals surface area contributed by atoms with E-state index in [0.29, 0.717) is 0 Å². The number of hydrogen-bond donors (Lipinski definition) is 1. The number of carbonyl (C=O) groups is 1. The summed E-state index contributed by atoms with van der Waals surface area (Å²) in [4.78, 5) is 12.6. The van der Waals surface area contributed by atoms with Gasteiger partial charge in [-0.15, -0.1) is 0 Å². The van der Waals surface area contributed by atoms with Crippen molar-refractivity contribution in [3.05, 3.63) is 94.0 Å². The number of benzene rings is 3. The van der Waals surface area contributed by atoms with Gasteiger partial charge < -0.3 is 4.74 Å². The zero-order valence-electron chi connectivity index (χ0n) is 17.0. The van der Waals surface area contributed by atoms with Crippen molar-refractivity contribution in [1.82, 2.24) is 4.72 Å². The van der Waals surface area contributed by atoms with Crippen LogP contribution in [0.2, 0.25) is 0 Å². The van der Waals surface area contributed by atoms with E-state index in [1.165, 1.54) is 17.7 Å². The Balaban J connectivity index is 1.49. The molecule has 1 aliphatic heterocycles. The highest BCUT2D eigenvalue weighted by Crippen LogP contribution is 2.35. The number of amides is 1. The lowest BCUT2D eigenvalue weighted by Crippen LogP contribution is -2.38. The molecular formula is C24H22BrNO4S. The van der Waals surface area contributed by atoms with Gasteiger partial charge in [-0.2, -0.15) is 0 Å². The molecule has 0 bridgehead atoms. The van der Waals surface area contributed by atoms with Crippen LogP contribution >= 0.6 is 15.9 Å². The number of nitrogens with one attached hydrogen (secondary N) is 1. The third-order valence-corrected chi connectivity index (χ3v) is 7.25. The maximum atomic E-state index is 12.6. The molecule has 3 aromatic carbocycles. The number of halogens is 1. The molecule has 0 saturated carbocycles. The Morgan fingerprint density at radius 3 is 2.48 bits per heavy atom. The lowest BCUT2D eigenvalue weighted by Gasteiger charge is -2.36. The number of sulfonamides is 1. The largest absolute Gasteiger partial charge is 0.487 e. The number of rotatable bonds is 5. The quantitative estimate of drug-likeness (QED) is 0.542. The molecule has 3 aromatic rings. The third-order valence-electron chi connectivity index (χ3n) is 5.37. The first kappa shape index (κ1) is 21.6. The minimum Gasteiger partial charge on any atom is -0.487 e. The molecule has 1 N–H and O–H groups in total. The van der Waals surface area contributed by atoms with Crippen LogP contribution in [0, 0.1) is 0 Å². The van der Waals surface area contributed by atoms with Crippen LogP contribution < -0.4 is 9.46 Å². The van der Waals surface area contributed by atoms with Crippen LogP contribution in [-0.2, 0) is 22.9 Å². The summed E-state index contributed by atoms with van der Waals surface area (Å²) in [6.45, 7) is 2.09. The molecule has 31 heavy (non-hydrogen) atoms. The van der Waals surface area contributed by atoms with Gasteiger partial charge in [-0.1, -0.05) is 46.3 Å². The van der Waals surface area contributed by atoms with Crippen molar-refractivity contribution in [3.8, 4) is 5.75 Å². The molecule has 0 radical (unpaired) electrons. The Hall–Kier alpha value is -2.64. The highest BCUT2D eigenvalue weighted by molar-refractivity contribution is 9.10. The Kier molecular flexibility index (Phi) is 5.90. The van der Waals surface area contributed by atoms with E-state index in [0.717, 1.165) is 35.0 Å². The smallest absolute Gasteiger partial charge is 0.265 e. The van der Waals surface area contributed by atoms with Crippen molar-refractivity contribution in [2.45, 2.75) is 36.7 Å². The van der Waals surface area contributed by atoms with Gasteiger partial charge in [0.2, 0.25) is 0 Å². The summed E-state index contributed by atoms with van der Waals surface area (Å²) in [6, 6.07) is 21.4. The van der Waals surface area contributed by atoms with E-state index in [1.807, 2.05) is 18.2 Å². The van der Waals surface area contributed by atoms with Crippen LogP contribution in [-0.4, -0.2) is 19.9 Å². The van der Waals surface area contributed by atoms with Crippen LogP contribution in [0.15, 0.2) is 82.2 Å². The van der Waals surface area contributed by atoms with Gasteiger partial charge in [0.15, 0.2) is 0 Å².